The van der Waals surface area contributed by atoms with E-state index in [0.29, 0.717) is 0 Å². The minimum absolute atomic E-state index is 0. The van der Waals surface area contributed by atoms with E-state index in [2.05, 4.69) is 15.9 Å². The Hall–Kier alpha value is 1.26. The van der Waals surface area contributed by atoms with Gasteiger partial charge in [-0.25, -0.2) is 0 Å². The Morgan fingerprint density at radius 2 is 1.64 bits per heavy atom. The number of benzene rings is 1. The van der Waals surface area contributed by atoms with Gasteiger partial charge in [0.25, 0.3) is 0 Å². The van der Waals surface area contributed by atoms with Gasteiger partial charge in [0, 0.05) is 4.47 Å². The zero-order valence-corrected chi connectivity index (χ0v) is 10.7. The summed E-state index contributed by atoms with van der Waals surface area (Å²) in [5.74, 6) is 0. The summed E-state index contributed by atoms with van der Waals surface area (Å²) in [6.45, 7) is 0. The van der Waals surface area contributed by atoms with Crippen LogP contribution in [0.15, 0.2) is 28.7 Å². The molecule has 54 valence electrons. The molecule has 0 spiro atoms. The number of rotatable bonds is 1. The van der Waals surface area contributed by atoms with E-state index < -0.39 is 7.27 Å². The molecule has 1 aromatic rings. The van der Waals surface area contributed by atoms with E-state index in [4.69, 9.17) is 0 Å². The van der Waals surface area contributed by atoms with E-state index in [9.17, 15) is 8.63 Å². The first-order valence-electron chi connectivity index (χ1n) is 2.74. The summed E-state index contributed by atoms with van der Waals surface area (Å²) < 4.78 is 24.6. The normalized spacial score (nSPS) is 8.64. The van der Waals surface area contributed by atoms with Crippen molar-refractivity contribution in [2.24, 2.45) is 0 Å². The molecule has 0 amide bonds. The molecule has 0 saturated heterocycles. The predicted octanol–water partition coefficient (Wildman–Crippen LogP) is -0.800. The largest absolute Gasteiger partial charge is 1.00 e. The van der Waals surface area contributed by atoms with Crippen molar-refractivity contribution in [2.75, 3.05) is 0 Å². The third-order valence-electron chi connectivity index (χ3n) is 1.12. The van der Waals surface area contributed by atoms with Gasteiger partial charge in [-0.05, 0) is 17.6 Å². The molecule has 1 aromatic carbocycles. The van der Waals surface area contributed by atoms with Crippen LogP contribution in [0.2, 0.25) is 0 Å². The molecule has 1 rings (SSSR count). The van der Waals surface area contributed by atoms with E-state index in [0.717, 1.165) is 4.47 Å². The summed E-state index contributed by atoms with van der Waals surface area (Å²) >= 11 is 3.15. The van der Waals surface area contributed by atoms with Crippen LogP contribution in [0.3, 0.4) is 0 Å². The van der Waals surface area contributed by atoms with Crippen molar-refractivity contribution in [1.82, 2.24) is 0 Å². The van der Waals surface area contributed by atoms with Crippen molar-refractivity contribution in [3.63, 3.8) is 0 Å². The molecule has 0 atom stereocenters. The van der Waals surface area contributed by atoms with Gasteiger partial charge < -0.3 is 1.43 Å². The van der Waals surface area contributed by atoms with Gasteiger partial charge in [-0.3, -0.25) is 8.63 Å². The molecule has 0 fully saturated rings. The molecule has 0 heterocycles. The topological polar surface area (TPSA) is 0 Å². The van der Waals surface area contributed by atoms with Gasteiger partial charge in [0.2, 0.25) is 0 Å². The fraction of sp³-hybridized carbons (Fsp3) is 0. The predicted molar refractivity (Wildman–Crippen MR) is 42.9 cm³/mol. The van der Waals surface area contributed by atoms with Gasteiger partial charge in [0.05, 0.1) is 0 Å². The second-order valence-corrected chi connectivity index (χ2v) is 2.77. The molecular formula is C6H5BBrF2K. The zero-order valence-electron chi connectivity index (χ0n) is 7.02. The van der Waals surface area contributed by atoms with Crippen molar-refractivity contribution >= 4 is 28.7 Å². The number of hydrogen-bond donors (Lipinski definition) is 0. The van der Waals surface area contributed by atoms with Gasteiger partial charge in [-0.2, -0.15) is 0 Å². The Bertz CT molecular complexity index is 219. The summed E-state index contributed by atoms with van der Waals surface area (Å²) in [6, 6.07) is 5.99. The molecule has 0 aliphatic heterocycles. The summed E-state index contributed by atoms with van der Waals surface area (Å²) in [7, 11) is -2.37. The number of hydrogen-bond acceptors (Lipinski definition) is 0. The van der Waals surface area contributed by atoms with Crippen molar-refractivity contribution in [3.8, 4) is 0 Å². The van der Waals surface area contributed by atoms with Crippen molar-refractivity contribution in [1.29, 1.82) is 0 Å². The van der Waals surface area contributed by atoms with Crippen LogP contribution in [0.5, 0.6) is 0 Å². The molecule has 0 aromatic heterocycles. The van der Waals surface area contributed by atoms with Crippen LogP contribution in [0.4, 0.5) is 8.63 Å². The second kappa shape index (κ2) is 5.83. The fourth-order valence-corrected chi connectivity index (χ4v) is 0.873. The molecule has 0 bridgehead atoms. The average molecular weight is 245 g/mol. The first kappa shape index (κ1) is 12.3. The van der Waals surface area contributed by atoms with E-state index in [1.807, 2.05) is 0 Å². The molecular weight excluding hydrogens is 240 g/mol. The molecule has 5 heteroatoms. The molecule has 0 radical (unpaired) electrons. The van der Waals surface area contributed by atoms with Crippen LogP contribution in [0.1, 0.15) is 1.43 Å². The van der Waals surface area contributed by atoms with Gasteiger partial charge in [-0.15, -0.1) is 0 Å². The smallest absolute Gasteiger partial charge is 1.00 e. The monoisotopic (exact) mass is 244 g/mol. The van der Waals surface area contributed by atoms with Gasteiger partial charge >= 0.3 is 58.7 Å². The average Bonchev–Trinajstić information content (AvgIpc) is 1.88. The second-order valence-electron chi connectivity index (χ2n) is 1.85. The van der Waals surface area contributed by atoms with Gasteiger partial charge in [0.1, 0.15) is 0 Å². The first-order valence-corrected chi connectivity index (χ1v) is 3.53. The maximum absolute atomic E-state index is 11.9. The first-order chi connectivity index (χ1) is 4.70. The molecule has 0 aliphatic carbocycles. The third kappa shape index (κ3) is 4.15. The zero-order chi connectivity index (χ0) is 7.56. The Morgan fingerprint density at radius 3 is 2.00 bits per heavy atom. The maximum Gasteiger partial charge on any atom is 1.00 e. The standard InChI is InChI=1S/C6H4BBrF2.K.H/c8-6-3-1-5(2-4-6)7(9)10;;/h1-4H;;/q;+1;-1. The van der Waals surface area contributed by atoms with Crippen LogP contribution in [-0.2, 0) is 0 Å². The minimum Gasteiger partial charge on any atom is -1.00 e. The fourth-order valence-electron chi connectivity index (χ4n) is 0.608. The summed E-state index contributed by atoms with van der Waals surface area (Å²) in [5.41, 5.74) is 0.0585. The van der Waals surface area contributed by atoms with Crippen LogP contribution >= 0.6 is 15.9 Å². The summed E-state index contributed by atoms with van der Waals surface area (Å²) in [6.07, 6.45) is 0. The maximum atomic E-state index is 11.9. The van der Waals surface area contributed by atoms with Gasteiger partial charge in [0.15, 0.2) is 0 Å². The molecule has 0 nitrogen and oxygen atoms in total. The summed E-state index contributed by atoms with van der Waals surface area (Å²) in [4.78, 5) is 0. The van der Waals surface area contributed by atoms with E-state index in [1.54, 1.807) is 12.1 Å². The molecule has 0 N–H and O–H groups in total. The minimum atomic E-state index is -2.37. The van der Waals surface area contributed by atoms with E-state index in [-0.39, 0.29) is 58.3 Å². The number of halogens is 3. The van der Waals surface area contributed by atoms with Crippen LogP contribution in [0.25, 0.3) is 0 Å². The van der Waals surface area contributed by atoms with Crippen LogP contribution in [0, 0.1) is 0 Å². The van der Waals surface area contributed by atoms with Crippen molar-refractivity contribution in [3.05, 3.63) is 28.7 Å². The van der Waals surface area contributed by atoms with Crippen molar-refractivity contribution in [2.45, 2.75) is 0 Å². The summed E-state index contributed by atoms with van der Waals surface area (Å²) in [5, 5.41) is 0. The molecule has 0 unspecified atom stereocenters. The quantitative estimate of drug-likeness (QED) is 0.568. The molecule has 0 aliphatic rings. The molecule has 11 heavy (non-hydrogen) atoms. The Labute approximate surface area is 117 Å². The van der Waals surface area contributed by atoms with E-state index in [1.165, 1.54) is 12.1 Å². The SMILES string of the molecule is FB(F)c1ccc(Br)cc1.[H-].[K+]. The van der Waals surface area contributed by atoms with E-state index >= 15 is 0 Å². The Balaban J connectivity index is 0. The Morgan fingerprint density at radius 1 is 1.18 bits per heavy atom. The van der Waals surface area contributed by atoms with Gasteiger partial charge in [-0.1, -0.05) is 28.1 Å². The van der Waals surface area contributed by atoms with Crippen LogP contribution < -0.4 is 56.8 Å². The van der Waals surface area contributed by atoms with Crippen LogP contribution in [-0.4, -0.2) is 7.27 Å². The Kier molecular flexibility index (Phi) is 6.50. The van der Waals surface area contributed by atoms with Crippen molar-refractivity contribution < 1.29 is 61.4 Å². The molecule has 0 saturated carbocycles. The third-order valence-corrected chi connectivity index (χ3v) is 1.65.